The highest BCUT2D eigenvalue weighted by molar-refractivity contribution is 5.38. The molecule has 0 aromatic carbocycles. The van der Waals surface area contributed by atoms with E-state index in [1.165, 1.54) is 0 Å². The Bertz CT molecular complexity index is 295. The third-order valence-electron chi connectivity index (χ3n) is 2.60. The van der Waals surface area contributed by atoms with E-state index in [1.54, 1.807) is 12.1 Å². The van der Waals surface area contributed by atoms with Crippen molar-refractivity contribution in [3.05, 3.63) is 12.1 Å². The van der Waals surface area contributed by atoms with Crippen LogP contribution in [0, 0.1) is 0 Å². The first-order chi connectivity index (χ1) is 7.09. The summed E-state index contributed by atoms with van der Waals surface area (Å²) in [5.74, 6) is 1.02. The summed E-state index contributed by atoms with van der Waals surface area (Å²) < 4.78 is 0. The van der Waals surface area contributed by atoms with Crippen molar-refractivity contribution < 1.29 is 5.11 Å². The number of aliphatic hydroxyl groups is 1. The minimum atomic E-state index is -0.678. The highest BCUT2D eigenvalue weighted by Crippen LogP contribution is 2.15. The summed E-state index contributed by atoms with van der Waals surface area (Å²) in [7, 11) is 0. The van der Waals surface area contributed by atoms with Crippen LogP contribution in [-0.2, 0) is 0 Å². The van der Waals surface area contributed by atoms with Gasteiger partial charge >= 0.3 is 0 Å². The van der Waals surface area contributed by atoms with Crippen molar-refractivity contribution >= 4 is 11.6 Å². The van der Waals surface area contributed by atoms with Crippen LogP contribution in [-0.4, -0.2) is 27.4 Å². The first-order valence-electron chi connectivity index (χ1n) is 5.15. The van der Waals surface area contributed by atoms with E-state index in [1.807, 2.05) is 13.8 Å². The van der Waals surface area contributed by atoms with Crippen molar-refractivity contribution in [2.45, 2.75) is 32.3 Å². The lowest BCUT2D eigenvalue weighted by molar-refractivity contribution is 0.0456. The summed E-state index contributed by atoms with van der Waals surface area (Å²) in [5.41, 5.74) is 4.73. The standard InChI is InChI=1S/C10H18N4O/c1-3-10(15,4-2)7-12-9-6-5-8(11)13-14-9/h5-6,15H,3-4,7H2,1-2H3,(H2,11,13)(H,12,14). The van der Waals surface area contributed by atoms with Crippen LogP contribution in [0.4, 0.5) is 11.6 Å². The van der Waals surface area contributed by atoms with Crippen molar-refractivity contribution in [1.29, 1.82) is 0 Å². The molecule has 0 fully saturated rings. The number of nitrogens with zero attached hydrogens (tertiary/aromatic N) is 2. The predicted octanol–water partition coefficient (Wildman–Crippen LogP) is 1.02. The first-order valence-corrected chi connectivity index (χ1v) is 5.15. The summed E-state index contributed by atoms with van der Waals surface area (Å²) in [4.78, 5) is 0. The van der Waals surface area contributed by atoms with E-state index >= 15 is 0 Å². The maximum absolute atomic E-state index is 10.0. The molecular formula is C10H18N4O. The molecule has 0 aliphatic rings. The number of hydrogen-bond donors (Lipinski definition) is 3. The van der Waals surface area contributed by atoms with Gasteiger partial charge in [0.25, 0.3) is 0 Å². The predicted molar refractivity (Wildman–Crippen MR) is 60.5 cm³/mol. The number of nitrogens with two attached hydrogens (primary N) is 1. The van der Waals surface area contributed by atoms with Crippen LogP contribution >= 0.6 is 0 Å². The second kappa shape index (κ2) is 4.93. The SMILES string of the molecule is CCC(O)(CC)CNc1ccc(N)nn1. The molecule has 0 radical (unpaired) electrons. The molecule has 0 atom stereocenters. The van der Waals surface area contributed by atoms with E-state index in [-0.39, 0.29) is 0 Å². The van der Waals surface area contributed by atoms with E-state index in [0.717, 1.165) is 0 Å². The van der Waals surface area contributed by atoms with Gasteiger partial charge in [-0.05, 0) is 25.0 Å². The zero-order chi connectivity index (χ0) is 11.3. The average Bonchev–Trinajstić information content (AvgIpc) is 2.28. The van der Waals surface area contributed by atoms with E-state index in [0.29, 0.717) is 31.0 Å². The average molecular weight is 210 g/mol. The molecule has 5 heteroatoms. The highest BCUT2D eigenvalue weighted by atomic mass is 16.3. The number of nitrogens with one attached hydrogen (secondary N) is 1. The fourth-order valence-corrected chi connectivity index (χ4v) is 1.19. The van der Waals surface area contributed by atoms with Gasteiger partial charge in [-0.2, -0.15) is 0 Å². The maximum atomic E-state index is 10.0. The molecule has 0 aliphatic carbocycles. The van der Waals surface area contributed by atoms with E-state index < -0.39 is 5.60 Å². The van der Waals surface area contributed by atoms with Crippen LogP contribution in [0.1, 0.15) is 26.7 Å². The van der Waals surface area contributed by atoms with Crippen LogP contribution in [0.5, 0.6) is 0 Å². The summed E-state index contributed by atoms with van der Waals surface area (Å²) in [5, 5.41) is 20.6. The van der Waals surface area contributed by atoms with Crippen LogP contribution in [0.2, 0.25) is 0 Å². The van der Waals surface area contributed by atoms with Gasteiger partial charge in [-0.25, -0.2) is 0 Å². The normalized spacial score (nSPS) is 11.4. The lowest BCUT2D eigenvalue weighted by Gasteiger charge is -2.25. The number of rotatable bonds is 5. The molecule has 4 N–H and O–H groups in total. The molecule has 0 spiro atoms. The molecule has 84 valence electrons. The fraction of sp³-hybridized carbons (Fsp3) is 0.600. The minimum Gasteiger partial charge on any atom is -0.388 e. The van der Waals surface area contributed by atoms with Gasteiger partial charge in [-0.3, -0.25) is 0 Å². The topological polar surface area (TPSA) is 84.1 Å². The molecule has 0 saturated carbocycles. The fourth-order valence-electron chi connectivity index (χ4n) is 1.19. The zero-order valence-electron chi connectivity index (χ0n) is 9.20. The monoisotopic (exact) mass is 210 g/mol. The van der Waals surface area contributed by atoms with Crippen LogP contribution < -0.4 is 11.1 Å². The molecule has 0 amide bonds. The second-order valence-corrected chi connectivity index (χ2v) is 3.63. The Morgan fingerprint density at radius 2 is 2.00 bits per heavy atom. The molecule has 0 aliphatic heterocycles. The molecule has 0 bridgehead atoms. The molecule has 0 saturated heterocycles. The van der Waals surface area contributed by atoms with Crippen molar-refractivity contribution in [2.24, 2.45) is 0 Å². The first kappa shape index (κ1) is 11.7. The van der Waals surface area contributed by atoms with Crippen molar-refractivity contribution in [1.82, 2.24) is 10.2 Å². The van der Waals surface area contributed by atoms with Gasteiger partial charge in [0.2, 0.25) is 0 Å². The number of anilines is 2. The molecule has 0 unspecified atom stereocenters. The zero-order valence-corrected chi connectivity index (χ0v) is 9.20. The van der Waals surface area contributed by atoms with Gasteiger partial charge in [0.05, 0.1) is 5.60 Å². The van der Waals surface area contributed by atoms with E-state index in [4.69, 9.17) is 5.73 Å². The maximum Gasteiger partial charge on any atom is 0.148 e. The van der Waals surface area contributed by atoms with Gasteiger partial charge in [0.1, 0.15) is 11.6 Å². The van der Waals surface area contributed by atoms with E-state index in [9.17, 15) is 5.11 Å². The van der Waals surface area contributed by atoms with Gasteiger partial charge in [0, 0.05) is 6.54 Å². The van der Waals surface area contributed by atoms with Gasteiger partial charge in [-0.15, -0.1) is 10.2 Å². The smallest absolute Gasteiger partial charge is 0.148 e. The molecular weight excluding hydrogens is 192 g/mol. The van der Waals surface area contributed by atoms with Crippen molar-refractivity contribution in [3.63, 3.8) is 0 Å². The van der Waals surface area contributed by atoms with Gasteiger partial charge in [0.15, 0.2) is 0 Å². The van der Waals surface area contributed by atoms with E-state index in [2.05, 4.69) is 15.5 Å². The highest BCUT2D eigenvalue weighted by Gasteiger charge is 2.21. The summed E-state index contributed by atoms with van der Waals surface area (Å²) in [6.45, 7) is 4.39. The van der Waals surface area contributed by atoms with Crippen LogP contribution in [0.25, 0.3) is 0 Å². The quantitative estimate of drug-likeness (QED) is 0.675. The molecule has 1 aromatic heterocycles. The summed E-state index contributed by atoms with van der Waals surface area (Å²) in [6.07, 6.45) is 1.41. The van der Waals surface area contributed by atoms with Crippen LogP contribution in [0.3, 0.4) is 0 Å². The molecule has 1 aromatic rings. The van der Waals surface area contributed by atoms with Gasteiger partial charge in [-0.1, -0.05) is 13.8 Å². The number of nitrogen functional groups attached to an aromatic ring is 1. The van der Waals surface area contributed by atoms with Gasteiger partial charge < -0.3 is 16.2 Å². The largest absolute Gasteiger partial charge is 0.388 e. The number of hydrogen-bond acceptors (Lipinski definition) is 5. The molecule has 15 heavy (non-hydrogen) atoms. The minimum absolute atomic E-state index is 0.391. The Morgan fingerprint density at radius 1 is 1.33 bits per heavy atom. The summed E-state index contributed by atoms with van der Waals surface area (Å²) >= 11 is 0. The summed E-state index contributed by atoms with van der Waals surface area (Å²) in [6, 6.07) is 3.42. The Balaban J connectivity index is 2.53. The molecule has 1 heterocycles. The Labute approximate surface area is 89.7 Å². The lowest BCUT2D eigenvalue weighted by Crippen LogP contribution is -2.35. The van der Waals surface area contributed by atoms with Crippen LogP contribution in [0.15, 0.2) is 12.1 Å². The lowest BCUT2D eigenvalue weighted by atomic mass is 9.98. The Hall–Kier alpha value is -1.36. The Morgan fingerprint density at radius 3 is 2.47 bits per heavy atom. The second-order valence-electron chi connectivity index (χ2n) is 3.63. The Kier molecular flexibility index (Phi) is 3.85. The third kappa shape index (κ3) is 3.36. The third-order valence-corrected chi connectivity index (χ3v) is 2.60. The molecule has 5 nitrogen and oxygen atoms in total. The van der Waals surface area contributed by atoms with Crippen molar-refractivity contribution in [2.75, 3.05) is 17.6 Å². The van der Waals surface area contributed by atoms with Crippen molar-refractivity contribution in [3.8, 4) is 0 Å². The number of aromatic nitrogens is 2. The molecule has 1 rings (SSSR count).